The summed E-state index contributed by atoms with van der Waals surface area (Å²) in [6, 6.07) is 3.75. The Morgan fingerprint density at radius 1 is 1.50 bits per heavy atom. The number of benzene rings is 1. The number of halogens is 2. The van der Waals surface area contributed by atoms with Crippen molar-refractivity contribution < 1.29 is 9.90 Å². The lowest BCUT2D eigenvalue weighted by molar-refractivity contribution is -0.138. The summed E-state index contributed by atoms with van der Waals surface area (Å²) in [5.41, 5.74) is 1.48. The smallest absolute Gasteiger partial charge is 0.304 e. The van der Waals surface area contributed by atoms with Gasteiger partial charge in [0.1, 0.15) is 0 Å². The minimum Gasteiger partial charge on any atom is -0.481 e. The van der Waals surface area contributed by atoms with Gasteiger partial charge in [0.15, 0.2) is 0 Å². The summed E-state index contributed by atoms with van der Waals surface area (Å²) in [6.07, 6.45) is 0.0840. The van der Waals surface area contributed by atoms with Crippen LogP contribution in [0.25, 0.3) is 0 Å². The predicted octanol–water partition coefficient (Wildman–Crippen LogP) is 4.16. The third kappa shape index (κ3) is 2.98. The molecule has 0 aromatic heterocycles. The van der Waals surface area contributed by atoms with E-state index in [4.69, 9.17) is 16.7 Å². The molecular formula is C12H14BrClO2. The van der Waals surface area contributed by atoms with E-state index in [1.807, 2.05) is 32.9 Å². The first-order chi connectivity index (χ1) is 7.24. The van der Waals surface area contributed by atoms with Gasteiger partial charge in [0, 0.05) is 14.9 Å². The van der Waals surface area contributed by atoms with Crippen molar-refractivity contribution in [1.29, 1.82) is 0 Å². The second kappa shape index (κ2) is 4.76. The van der Waals surface area contributed by atoms with Gasteiger partial charge in [-0.05, 0) is 30.2 Å². The van der Waals surface area contributed by atoms with Crippen molar-refractivity contribution in [2.24, 2.45) is 0 Å². The van der Waals surface area contributed by atoms with Crippen LogP contribution < -0.4 is 0 Å². The highest BCUT2D eigenvalue weighted by Gasteiger charge is 2.26. The maximum atomic E-state index is 10.8. The molecule has 1 rings (SSSR count). The van der Waals surface area contributed by atoms with E-state index in [2.05, 4.69) is 15.9 Å². The van der Waals surface area contributed by atoms with E-state index < -0.39 is 11.4 Å². The van der Waals surface area contributed by atoms with Crippen molar-refractivity contribution in [3.63, 3.8) is 0 Å². The van der Waals surface area contributed by atoms with Gasteiger partial charge < -0.3 is 5.11 Å². The first kappa shape index (κ1) is 13.5. The number of carboxylic acid groups (broad SMARTS) is 1. The zero-order chi connectivity index (χ0) is 12.5. The third-order valence-electron chi connectivity index (χ3n) is 2.63. The molecule has 0 aliphatic rings. The zero-order valence-electron chi connectivity index (χ0n) is 9.47. The molecule has 2 nitrogen and oxygen atoms in total. The first-order valence-corrected chi connectivity index (χ1v) is 6.09. The zero-order valence-corrected chi connectivity index (χ0v) is 11.8. The van der Waals surface area contributed by atoms with Crippen LogP contribution in [-0.4, -0.2) is 11.1 Å². The average Bonchev–Trinajstić information content (AvgIpc) is 2.08. The normalized spacial score (nSPS) is 11.6. The first-order valence-electron chi connectivity index (χ1n) is 4.92. The summed E-state index contributed by atoms with van der Waals surface area (Å²) in [4.78, 5) is 10.8. The third-order valence-corrected chi connectivity index (χ3v) is 3.48. The van der Waals surface area contributed by atoms with E-state index in [9.17, 15) is 4.79 Å². The second-order valence-corrected chi connectivity index (χ2v) is 5.84. The molecular weight excluding hydrogens is 291 g/mol. The average molecular weight is 306 g/mol. The van der Waals surface area contributed by atoms with Gasteiger partial charge in [-0.15, -0.1) is 0 Å². The molecule has 0 saturated carbocycles. The van der Waals surface area contributed by atoms with Gasteiger partial charge in [0.2, 0.25) is 0 Å². The Labute approximate surface area is 109 Å². The standard InChI is InChI=1S/C12H14BrClO2/c1-7-9(4-8(13)5-10(7)14)12(2,3)6-11(15)16/h4-5H,6H2,1-3H3,(H,15,16). The van der Waals surface area contributed by atoms with Crippen molar-refractivity contribution in [2.75, 3.05) is 0 Å². The molecule has 0 amide bonds. The lowest BCUT2D eigenvalue weighted by Gasteiger charge is -2.26. The minimum atomic E-state index is -0.805. The molecule has 4 heteroatoms. The summed E-state index contributed by atoms with van der Waals surface area (Å²) < 4.78 is 0.872. The van der Waals surface area contributed by atoms with Gasteiger partial charge in [-0.2, -0.15) is 0 Å². The summed E-state index contributed by atoms with van der Waals surface area (Å²) in [7, 11) is 0. The van der Waals surface area contributed by atoms with E-state index >= 15 is 0 Å². The van der Waals surface area contributed by atoms with Crippen molar-refractivity contribution in [2.45, 2.75) is 32.6 Å². The fourth-order valence-electron chi connectivity index (χ4n) is 1.82. The number of carboxylic acids is 1. The van der Waals surface area contributed by atoms with Gasteiger partial charge in [0.05, 0.1) is 6.42 Å². The van der Waals surface area contributed by atoms with Crippen molar-refractivity contribution in [3.8, 4) is 0 Å². The highest BCUT2D eigenvalue weighted by atomic mass is 79.9. The summed E-state index contributed by atoms with van der Waals surface area (Å²) in [6.45, 7) is 5.73. The van der Waals surface area contributed by atoms with E-state index in [0.717, 1.165) is 15.6 Å². The van der Waals surface area contributed by atoms with Crippen LogP contribution in [0.15, 0.2) is 16.6 Å². The van der Waals surface area contributed by atoms with Crippen LogP contribution in [0.1, 0.15) is 31.4 Å². The van der Waals surface area contributed by atoms with Crippen LogP contribution in [0.4, 0.5) is 0 Å². The Morgan fingerprint density at radius 3 is 2.56 bits per heavy atom. The molecule has 88 valence electrons. The molecule has 1 N–H and O–H groups in total. The molecule has 1 aromatic carbocycles. The van der Waals surface area contributed by atoms with Gasteiger partial charge in [-0.25, -0.2) is 0 Å². The number of hydrogen-bond donors (Lipinski definition) is 1. The Kier molecular flexibility index (Phi) is 4.02. The van der Waals surface area contributed by atoms with E-state index in [-0.39, 0.29) is 6.42 Å². The van der Waals surface area contributed by atoms with Crippen LogP contribution in [0.2, 0.25) is 5.02 Å². The molecule has 0 aliphatic carbocycles. The Bertz CT molecular complexity index is 427. The van der Waals surface area contributed by atoms with Crippen LogP contribution in [-0.2, 0) is 10.2 Å². The van der Waals surface area contributed by atoms with Crippen LogP contribution >= 0.6 is 27.5 Å². The molecule has 16 heavy (non-hydrogen) atoms. The maximum Gasteiger partial charge on any atom is 0.304 e. The van der Waals surface area contributed by atoms with Crippen LogP contribution in [0.3, 0.4) is 0 Å². The van der Waals surface area contributed by atoms with E-state index in [1.165, 1.54) is 0 Å². The van der Waals surface area contributed by atoms with Gasteiger partial charge in [-0.3, -0.25) is 4.79 Å². The molecule has 0 bridgehead atoms. The summed E-state index contributed by atoms with van der Waals surface area (Å²) in [5, 5.41) is 9.55. The van der Waals surface area contributed by atoms with Gasteiger partial charge in [0.25, 0.3) is 0 Å². The molecule has 0 aliphatic heterocycles. The van der Waals surface area contributed by atoms with Crippen molar-refractivity contribution in [3.05, 3.63) is 32.8 Å². The Balaban J connectivity index is 3.26. The molecule has 0 atom stereocenters. The number of aliphatic carboxylic acids is 1. The Morgan fingerprint density at radius 2 is 2.06 bits per heavy atom. The number of hydrogen-bond acceptors (Lipinski definition) is 1. The van der Waals surface area contributed by atoms with Crippen molar-refractivity contribution >= 4 is 33.5 Å². The minimum absolute atomic E-state index is 0.0840. The molecule has 0 unspecified atom stereocenters. The lowest BCUT2D eigenvalue weighted by Crippen LogP contribution is -2.23. The molecule has 0 fully saturated rings. The van der Waals surface area contributed by atoms with Crippen molar-refractivity contribution in [1.82, 2.24) is 0 Å². The van der Waals surface area contributed by atoms with Crippen LogP contribution in [0.5, 0.6) is 0 Å². The fraction of sp³-hybridized carbons (Fsp3) is 0.417. The summed E-state index contributed by atoms with van der Waals surface area (Å²) in [5.74, 6) is -0.805. The van der Waals surface area contributed by atoms with Crippen LogP contribution in [0, 0.1) is 6.92 Å². The van der Waals surface area contributed by atoms with Gasteiger partial charge >= 0.3 is 5.97 Å². The highest BCUT2D eigenvalue weighted by molar-refractivity contribution is 9.10. The van der Waals surface area contributed by atoms with E-state index in [0.29, 0.717) is 5.02 Å². The molecule has 0 heterocycles. The maximum absolute atomic E-state index is 10.8. The SMILES string of the molecule is Cc1c(Cl)cc(Br)cc1C(C)(C)CC(=O)O. The largest absolute Gasteiger partial charge is 0.481 e. The number of rotatable bonds is 3. The molecule has 0 spiro atoms. The summed E-state index contributed by atoms with van der Waals surface area (Å²) >= 11 is 9.46. The molecule has 0 saturated heterocycles. The molecule has 0 radical (unpaired) electrons. The highest BCUT2D eigenvalue weighted by Crippen LogP contribution is 2.35. The second-order valence-electron chi connectivity index (χ2n) is 4.51. The van der Waals surface area contributed by atoms with E-state index in [1.54, 1.807) is 0 Å². The monoisotopic (exact) mass is 304 g/mol. The van der Waals surface area contributed by atoms with Gasteiger partial charge in [-0.1, -0.05) is 41.4 Å². The Hall–Kier alpha value is -0.540. The fourth-order valence-corrected chi connectivity index (χ4v) is 2.63. The topological polar surface area (TPSA) is 37.3 Å². The quantitative estimate of drug-likeness (QED) is 0.910. The molecule has 1 aromatic rings. The predicted molar refractivity (Wildman–Crippen MR) is 69.2 cm³/mol. The lowest BCUT2D eigenvalue weighted by atomic mass is 9.79. The number of carbonyl (C=O) groups is 1.